The van der Waals surface area contributed by atoms with E-state index in [9.17, 15) is 0 Å². The molecule has 0 radical (unpaired) electrons. The van der Waals surface area contributed by atoms with Crippen molar-refractivity contribution in [1.82, 2.24) is 0 Å². The molecule has 0 saturated heterocycles. The van der Waals surface area contributed by atoms with Crippen LogP contribution in [0.5, 0.6) is 0 Å². The molecule has 0 spiro atoms. The predicted molar refractivity (Wildman–Crippen MR) is 197 cm³/mol. The van der Waals surface area contributed by atoms with E-state index in [1.807, 2.05) is 0 Å². The van der Waals surface area contributed by atoms with Gasteiger partial charge in [-0.25, -0.2) is 0 Å². The summed E-state index contributed by atoms with van der Waals surface area (Å²) < 4.78 is 0. The molecule has 0 aliphatic heterocycles. The lowest BCUT2D eigenvalue weighted by molar-refractivity contribution is -0.415. The van der Waals surface area contributed by atoms with Crippen LogP contribution >= 0.6 is 14.5 Å². The maximum absolute atomic E-state index is 8.33. The highest BCUT2D eigenvalue weighted by molar-refractivity contribution is 7.96. The summed E-state index contributed by atoms with van der Waals surface area (Å²) in [4.78, 5) is 8.33. The standard InChI is InChI=1S/2C20H20P.CH2O3/c2*1-2-21(18-12-6-3-7-13-18,19-14-8-4-9-15-19)20-16-10-5-11-17-20;2-1(3)4/h2*3-17H,2H2,1H3;(H2,2,3,4)/q2*+1;/p-2. The molecule has 0 fully saturated rings. The van der Waals surface area contributed by atoms with Crippen molar-refractivity contribution in [2.45, 2.75) is 13.8 Å². The van der Waals surface area contributed by atoms with E-state index in [-0.39, 0.29) is 0 Å². The summed E-state index contributed by atoms with van der Waals surface area (Å²) in [6.07, 6.45) is -0.0456. The van der Waals surface area contributed by atoms with Crippen LogP contribution in [0, 0.1) is 0 Å². The zero-order valence-electron chi connectivity index (χ0n) is 26.4. The number of carbonyl (C=O) groups excluding carboxylic acids is 1. The van der Waals surface area contributed by atoms with Crippen molar-refractivity contribution in [3.63, 3.8) is 0 Å². The summed E-state index contributed by atoms with van der Waals surface area (Å²) >= 11 is 0. The summed E-state index contributed by atoms with van der Waals surface area (Å²) in [5.74, 6) is 0. The van der Waals surface area contributed by atoms with Crippen LogP contribution in [-0.4, -0.2) is 18.5 Å². The van der Waals surface area contributed by atoms with Crippen LogP contribution in [-0.2, 0) is 0 Å². The topological polar surface area (TPSA) is 63.2 Å². The molecule has 0 amide bonds. The molecule has 0 saturated carbocycles. The molecule has 5 heteroatoms. The van der Waals surface area contributed by atoms with Crippen LogP contribution < -0.4 is 42.0 Å². The quantitative estimate of drug-likeness (QED) is 0.205. The van der Waals surface area contributed by atoms with Gasteiger partial charge in [0.2, 0.25) is 0 Å². The van der Waals surface area contributed by atoms with Crippen LogP contribution in [0.15, 0.2) is 182 Å². The van der Waals surface area contributed by atoms with Crippen LogP contribution in [0.25, 0.3) is 0 Å². The highest BCUT2D eigenvalue weighted by atomic mass is 31.2. The molecule has 0 unspecified atom stereocenters. The van der Waals surface area contributed by atoms with Gasteiger partial charge in [0.15, 0.2) is 0 Å². The SMILES string of the molecule is CC[P+](c1ccccc1)(c1ccccc1)c1ccccc1.CC[P+](c1ccccc1)(c1ccccc1)c1ccccc1.O=C([O-])[O-]. The summed E-state index contributed by atoms with van der Waals surface area (Å²) in [6.45, 7) is 4.64. The van der Waals surface area contributed by atoms with Crippen LogP contribution in [0.1, 0.15) is 13.8 Å². The summed E-state index contributed by atoms with van der Waals surface area (Å²) in [6, 6.07) is 66.0. The second-order valence-corrected chi connectivity index (χ2v) is 18.1. The van der Waals surface area contributed by atoms with Gasteiger partial charge in [-0.2, -0.15) is 0 Å². The third-order valence-corrected chi connectivity index (χ3v) is 17.1. The van der Waals surface area contributed by atoms with E-state index in [2.05, 4.69) is 196 Å². The van der Waals surface area contributed by atoms with Gasteiger partial charge >= 0.3 is 0 Å². The zero-order chi connectivity index (χ0) is 32.7. The summed E-state index contributed by atoms with van der Waals surface area (Å²) in [5.41, 5.74) is 0. The molecular formula is C41H40O3P2. The lowest BCUT2D eigenvalue weighted by atomic mass is 10.4. The molecule has 0 aliphatic rings. The van der Waals surface area contributed by atoms with Gasteiger partial charge in [0.1, 0.15) is 46.4 Å². The minimum absolute atomic E-state index is 1.14. The number of hydrogen-bond acceptors (Lipinski definition) is 3. The first-order valence-corrected chi connectivity index (χ1v) is 19.4. The van der Waals surface area contributed by atoms with E-state index < -0.39 is 20.7 Å². The Morgan fingerprint density at radius 2 is 0.500 bits per heavy atom. The van der Waals surface area contributed by atoms with Crippen molar-refractivity contribution in [3.05, 3.63) is 182 Å². The Bertz CT molecular complexity index is 1390. The Morgan fingerprint density at radius 1 is 0.370 bits per heavy atom. The predicted octanol–water partition coefficient (Wildman–Crippen LogP) is 5.55. The molecular weight excluding hydrogens is 602 g/mol. The maximum atomic E-state index is 8.33. The Balaban J connectivity index is 0.000000187. The van der Waals surface area contributed by atoms with Crippen molar-refractivity contribution in [2.75, 3.05) is 12.3 Å². The lowest BCUT2D eigenvalue weighted by Gasteiger charge is -2.26. The first kappa shape index (κ1) is 34.3. The molecule has 0 N–H and O–H groups in total. The average molecular weight is 643 g/mol. The van der Waals surface area contributed by atoms with Gasteiger partial charge in [0.25, 0.3) is 0 Å². The normalized spacial score (nSPS) is 10.8. The smallest absolute Gasteiger partial charge is 0.111 e. The van der Waals surface area contributed by atoms with Crippen molar-refractivity contribution in [3.8, 4) is 0 Å². The Kier molecular flexibility index (Phi) is 12.9. The highest BCUT2D eigenvalue weighted by Crippen LogP contribution is 2.55. The van der Waals surface area contributed by atoms with E-state index >= 15 is 0 Å². The lowest BCUT2D eigenvalue weighted by Crippen LogP contribution is -2.37. The fourth-order valence-electron chi connectivity index (χ4n) is 6.08. The fourth-order valence-corrected chi connectivity index (χ4v) is 14.2. The maximum Gasteiger partial charge on any atom is 0.111 e. The van der Waals surface area contributed by atoms with Gasteiger partial charge in [0.05, 0.1) is 12.3 Å². The largest absolute Gasteiger partial charge is 0.652 e. The second kappa shape index (κ2) is 17.2. The molecule has 0 atom stereocenters. The van der Waals surface area contributed by atoms with E-state index in [0.29, 0.717) is 0 Å². The number of carboxylic acid groups (broad SMARTS) is 2. The van der Waals surface area contributed by atoms with E-state index in [4.69, 9.17) is 15.0 Å². The first-order valence-electron chi connectivity index (χ1n) is 15.5. The minimum atomic E-state index is -2.33. The van der Waals surface area contributed by atoms with E-state index in [1.165, 1.54) is 31.8 Å². The molecule has 6 aromatic rings. The van der Waals surface area contributed by atoms with Crippen LogP contribution in [0.4, 0.5) is 4.79 Å². The molecule has 232 valence electrons. The first-order chi connectivity index (χ1) is 22.5. The van der Waals surface area contributed by atoms with E-state index in [0.717, 1.165) is 12.3 Å². The summed E-state index contributed by atoms with van der Waals surface area (Å²) in [7, 11) is -3.07. The molecule has 46 heavy (non-hydrogen) atoms. The Labute approximate surface area is 274 Å². The molecule has 3 nitrogen and oxygen atoms in total. The molecule has 0 bridgehead atoms. The third-order valence-electron chi connectivity index (χ3n) is 8.13. The zero-order valence-corrected chi connectivity index (χ0v) is 28.1. The van der Waals surface area contributed by atoms with Crippen molar-refractivity contribution in [2.24, 2.45) is 0 Å². The van der Waals surface area contributed by atoms with Crippen molar-refractivity contribution < 1.29 is 15.0 Å². The monoisotopic (exact) mass is 642 g/mol. The Morgan fingerprint density at radius 3 is 0.609 bits per heavy atom. The van der Waals surface area contributed by atoms with Crippen LogP contribution in [0.3, 0.4) is 0 Å². The van der Waals surface area contributed by atoms with Gasteiger partial charge in [-0.3, -0.25) is 0 Å². The average Bonchev–Trinajstić information content (AvgIpc) is 3.12. The van der Waals surface area contributed by atoms with Gasteiger partial charge < -0.3 is 15.0 Å². The van der Waals surface area contributed by atoms with E-state index in [1.54, 1.807) is 0 Å². The van der Waals surface area contributed by atoms with Crippen molar-refractivity contribution in [1.29, 1.82) is 0 Å². The molecule has 0 aromatic heterocycles. The number of rotatable bonds is 8. The number of carbonyl (C=O) groups is 1. The summed E-state index contributed by atoms with van der Waals surface area (Å²) in [5, 5.41) is 25.4. The number of hydrogen-bond donors (Lipinski definition) is 0. The Hall–Kier alpha value is -4.55. The molecule has 6 aromatic carbocycles. The van der Waals surface area contributed by atoms with Crippen LogP contribution in [0.2, 0.25) is 0 Å². The second-order valence-electron chi connectivity index (χ2n) is 10.5. The van der Waals surface area contributed by atoms with Gasteiger partial charge in [0, 0.05) is 0 Å². The number of benzene rings is 6. The molecule has 0 aliphatic carbocycles. The highest BCUT2D eigenvalue weighted by Gasteiger charge is 2.44. The molecule has 0 heterocycles. The van der Waals surface area contributed by atoms with Gasteiger partial charge in [-0.15, -0.1) is 0 Å². The van der Waals surface area contributed by atoms with Gasteiger partial charge in [-0.1, -0.05) is 109 Å². The fraction of sp³-hybridized carbons (Fsp3) is 0.0976. The minimum Gasteiger partial charge on any atom is -0.652 e. The third kappa shape index (κ3) is 7.99. The molecule has 6 rings (SSSR count). The van der Waals surface area contributed by atoms with Crippen molar-refractivity contribution >= 4 is 52.5 Å². The van der Waals surface area contributed by atoms with Gasteiger partial charge in [-0.05, 0) is 92.8 Å².